The second kappa shape index (κ2) is 8.26. The molecule has 3 aromatic heterocycles. The van der Waals surface area contributed by atoms with Gasteiger partial charge < -0.3 is 19.6 Å². The van der Waals surface area contributed by atoms with Crippen LogP contribution in [0.3, 0.4) is 0 Å². The van der Waals surface area contributed by atoms with Gasteiger partial charge in [-0.3, -0.25) is 0 Å². The minimum atomic E-state index is -1.25. The number of carboxylic acids is 1. The first-order valence-electron chi connectivity index (χ1n) is 12.2. The number of nitrogens with zero attached hydrogens (tertiary/aromatic N) is 2. The predicted octanol–water partition coefficient (Wildman–Crippen LogP) is 7.40. The average Bonchev–Trinajstić information content (AvgIpc) is 3.65. The van der Waals surface area contributed by atoms with Crippen LogP contribution >= 0.6 is 0 Å². The molecule has 3 heterocycles. The molecule has 38 heavy (non-hydrogen) atoms. The number of aromatic nitrogens is 3. The Kier molecular flexibility index (Phi) is 4.72. The number of rotatable bonds is 4. The quantitative estimate of drug-likeness (QED) is 0.176. The molecule has 4 aromatic carbocycles. The molecule has 0 bridgehead atoms. The van der Waals surface area contributed by atoms with Gasteiger partial charge in [0.1, 0.15) is 11.6 Å². The van der Waals surface area contributed by atoms with E-state index in [-0.39, 0.29) is 5.57 Å². The first kappa shape index (κ1) is 21.7. The molecular formula is C32H20N4O2. The van der Waals surface area contributed by atoms with Crippen LogP contribution in [-0.4, -0.2) is 25.6 Å². The summed E-state index contributed by atoms with van der Waals surface area (Å²) in [6, 6.07) is 35.0. The van der Waals surface area contributed by atoms with Crippen LogP contribution in [0.5, 0.6) is 0 Å². The van der Waals surface area contributed by atoms with Crippen molar-refractivity contribution in [3.8, 4) is 23.0 Å². The van der Waals surface area contributed by atoms with E-state index in [1.807, 2.05) is 12.1 Å². The second-order valence-corrected chi connectivity index (χ2v) is 9.29. The number of fused-ring (bicyclic) bond motifs is 6. The fraction of sp³-hybridized carbons (Fsp3) is 0. The Bertz CT molecular complexity index is 2080. The number of hydrogen-bond donors (Lipinski definition) is 3. The van der Waals surface area contributed by atoms with Crippen molar-refractivity contribution >= 4 is 55.7 Å². The smallest absolute Gasteiger partial charge is 0.346 e. The minimum Gasteiger partial charge on any atom is -0.477 e. The van der Waals surface area contributed by atoms with E-state index in [0.29, 0.717) is 5.69 Å². The third-order valence-corrected chi connectivity index (χ3v) is 7.09. The number of aromatic amines is 2. The Hall–Kier alpha value is -5.54. The Balaban J connectivity index is 1.39. The molecule has 7 aromatic rings. The molecular weight excluding hydrogens is 472 g/mol. The summed E-state index contributed by atoms with van der Waals surface area (Å²) in [6.07, 6.45) is 1.34. The van der Waals surface area contributed by atoms with Gasteiger partial charge >= 0.3 is 5.97 Å². The average molecular weight is 493 g/mol. The lowest BCUT2D eigenvalue weighted by molar-refractivity contribution is -0.132. The third kappa shape index (κ3) is 3.30. The molecule has 0 radical (unpaired) electrons. The first-order chi connectivity index (χ1) is 18.6. The number of H-pyrrole nitrogens is 2. The summed E-state index contributed by atoms with van der Waals surface area (Å²) in [6.45, 7) is 0. The van der Waals surface area contributed by atoms with Crippen molar-refractivity contribution in [3.05, 3.63) is 108 Å². The number of hydrogen-bond acceptors (Lipinski definition) is 2. The monoisotopic (exact) mass is 492 g/mol. The van der Waals surface area contributed by atoms with Gasteiger partial charge in [0.05, 0.1) is 11.0 Å². The van der Waals surface area contributed by atoms with Gasteiger partial charge in [-0.1, -0.05) is 42.5 Å². The van der Waals surface area contributed by atoms with Crippen LogP contribution in [-0.2, 0) is 4.79 Å². The molecule has 0 unspecified atom stereocenters. The fourth-order valence-corrected chi connectivity index (χ4v) is 5.35. The zero-order valence-electron chi connectivity index (χ0n) is 20.1. The van der Waals surface area contributed by atoms with Crippen LogP contribution in [0.4, 0.5) is 0 Å². The zero-order chi connectivity index (χ0) is 25.8. The van der Waals surface area contributed by atoms with Gasteiger partial charge in [-0.2, -0.15) is 5.26 Å². The molecule has 180 valence electrons. The van der Waals surface area contributed by atoms with Gasteiger partial charge in [-0.15, -0.1) is 0 Å². The number of nitrogens with one attached hydrogen (secondary N) is 2. The molecule has 0 aliphatic heterocycles. The molecule has 0 spiro atoms. The maximum Gasteiger partial charge on any atom is 0.346 e. The largest absolute Gasteiger partial charge is 0.477 e. The Labute approximate surface area is 216 Å². The Morgan fingerprint density at radius 3 is 2.11 bits per heavy atom. The van der Waals surface area contributed by atoms with Crippen LogP contribution in [0.25, 0.3) is 66.6 Å². The Morgan fingerprint density at radius 2 is 1.42 bits per heavy atom. The molecule has 0 aliphatic rings. The highest BCUT2D eigenvalue weighted by Gasteiger charge is 2.14. The van der Waals surface area contributed by atoms with Crippen molar-refractivity contribution in [1.82, 2.24) is 14.5 Å². The fourth-order valence-electron chi connectivity index (χ4n) is 5.35. The normalized spacial score (nSPS) is 12.0. The van der Waals surface area contributed by atoms with Gasteiger partial charge in [0.15, 0.2) is 0 Å². The summed E-state index contributed by atoms with van der Waals surface area (Å²) < 4.78 is 2.31. The summed E-state index contributed by atoms with van der Waals surface area (Å²) in [7, 11) is 0. The van der Waals surface area contributed by atoms with E-state index >= 15 is 0 Å². The molecule has 0 aliphatic carbocycles. The van der Waals surface area contributed by atoms with E-state index in [0.717, 1.165) is 38.8 Å². The highest BCUT2D eigenvalue weighted by molar-refractivity contribution is 6.11. The number of benzene rings is 4. The molecule has 0 fully saturated rings. The number of nitriles is 1. The van der Waals surface area contributed by atoms with Gasteiger partial charge in [-0.25, -0.2) is 4.79 Å². The molecule has 0 atom stereocenters. The van der Waals surface area contributed by atoms with Gasteiger partial charge in [0.25, 0.3) is 0 Å². The van der Waals surface area contributed by atoms with E-state index in [1.165, 1.54) is 27.9 Å². The molecule has 0 amide bonds. The van der Waals surface area contributed by atoms with Crippen LogP contribution in [0.2, 0.25) is 0 Å². The zero-order valence-corrected chi connectivity index (χ0v) is 20.1. The highest BCUT2D eigenvalue weighted by atomic mass is 16.4. The van der Waals surface area contributed by atoms with Crippen LogP contribution in [0, 0.1) is 11.3 Å². The van der Waals surface area contributed by atoms with E-state index in [2.05, 4.69) is 93.4 Å². The SMILES string of the molecule is N#C/C(=C\c1ccc(-c2ccc3[nH]c4ccc(-n5c6ccccc6c6ccccc65)cc4c3c2)[nH]1)C(=O)O. The standard InChI is InChI=1S/C32H20N4O2/c33-18-20(32(37)38)15-21-10-13-27(34-21)19-9-12-28-25(16-19)26-17-22(11-14-29(26)35-28)36-30-7-3-1-5-23(30)24-6-2-4-8-31(24)36/h1-17,34-35H,(H,37,38)/b20-15+. The van der Waals surface area contributed by atoms with Gasteiger partial charge in [-0.05, 0) is 66.2 Å². The van der Waals surface area contributed by atoms with Crippen LogP contribution in [0.15, 0.2) is 103 Å². The lowest BCUT2D eigenvalue weighted by atomic mass is 10.1. The van der Waals surface area contributed by atoms with E-state index in [9.17, 15) is 4.79 Å². The van der Waals surface area contributed by atoms with Crippen molar-refractivity contribution in [2.75, 3.05) is 0 Å². The summed E-state index contributed by atoms with van der Waals surface area (Å²) in [5.41, 5.74) is 7.56. The molecule has 0 saturated carbocycles. The third-order valence-electron chi connectivity index (χ3n) is 7.09. The molecule has 0 saturated heterocycles. The van der Waals surface area contributed by atoms with Crippen molar-refractivity contribution in [2.24, 2.45) is 0 Å². The number of carbonyl (C=O) groups is 1. The lowest BCUT2D eigenvalue weighted by Gasteiger charge is -2.08. The predicted molar refractivity (Wildman–Crippen MR) is 151 cm³/mol. The van der Waals surface area contributed by atoms with Crippen molar-refractivity contribution in [1.29, 1.82) is 5.26 Å². The first-order valence-corrected chi connectivity index (χ1v) is 12.2. The molecule has 6 heteroatoms. The minimum absolute atomic E-state index is 0.317. The van der Waals surface area contributed by atoms with Crippen molar-refractivity contribution in [3.63, 3.8) is 0 Å². The Morgan fingerprint density at radius 1 is 0.763 bits per heavy atom. The summed E-state index contributed by atoms with van der Waals surface area (Å²) in [5, 5.41) is 22.9. The summed E-state index contributed by atoms with van der Waals surface area (Å²) in [4.78, 5) is 17.9. The van der Waals surface area contributed by atoms with Crippen LogP contribution in [0.1, 0.15) is 5.69 Å². The van der Waals surface area contributed by atoms with Crippen LogP contribution < -0.4 is 0 Å². The van der Waals surface area contributed by atoms with Crippen molar-refractivity contribution in [2.45, 2.75) is 0 Å². The van der Waals surface area contributed by atoms with E-state index < -0.39 is 5.97 Å². The lowest BCUT2D eigenvalue weighted by Crippen LogP contribution is -1.97. The topological polar surface area (TPSA) is 97.6 Å². The maximum atomic E-state index is 11.2. The number of carboxylic acid groups (broad SMARTS) is 1. The van der Waals surface area contributed by atoms with E-state index in [4.69, 9.17) is 10.4 Å². The molecule has 3 N–H and O–H groups in total. The second-order valence-electron chi connectivity index (χ2n) is 9.29. The highest BCUT2D eigenvalue weighted by Crippen LogP contribution is 2.35. The number of aliphatic carboxylic acids is 1. The number of para-hydroxylation sites is 2. The van der Waals surface area contributed by atoms with Gasteiger partial charge in [0.2, 0.25) is 0 Å². The summed E-state index contributed by atoms with van der Waals surface area (Å²) >= 11 is 0. The molecule has 6 nitrogen and oxygen atoms in total. The summed E-state index contributed by atoms with van der Waals surface area (Å²) in [5.74, 6) is -1.25. The van der Waals surface area contributed by atoms with Crippen molar-refractivity contribution < 1.29 is 9.90 Å². The van der Waals surface area contributed by atoms with Gasteiger partial charge in [0, 0.05) is 49.7 Å². The maximum absolute atomic E-state index is 11.2. The molecule has 7 rings (SSSR count). The van der Waals surface area contributed by atoms with E-state index in [1.54, 1.807) is 12.1 Å².